The molecule has 0 spiro atoms. The summed E-state index contributed by atoms with van der Waals surface area (Å²) in [7, 11) is 0. The van der Waals surface area contributed by atoms with E-state index in [2.05, 4.69) is 10.5 Å². The molecule has 4 aromatic rings. The molecule has 0 heterocycles. The van der Waals surface area contributed by atoms with Crippen LogP contribution >= 0.6 is 23.2 Å². The second-order valence-corrected chi connectivity index (χ2v) is 9.02. The van der Waals surface area contributed by atoms with Crippen LogP contribution in [0.15, 0.2) is 96.1 Å². The van der Waals surface area contributed by atoms with Gasteiger partial charge in [-0.05, 0) is 91.9 Å². The fourth-order valence-corrected chi connectivity index (χ4v) is 3.62. The molecule has 0 atom stereocenters. The number of hydrazone groups is 1. The summed E-state index contributed by atoms with van der Waals surface area (Å²) >= 11 is 11.8. The fraction of sp³-hybridized carbons (Fsp3) is 0.0667. The molecular weight excluding hydrogens is 555 g/mol. The van der Waals surface area contributed by atoms with Crippen LogP contribution in [-0.4, -0.2) is 30.7 Å². The molecule has 0 fully saturated rings. The van der Waals surface area contributed by atoms with Gasteiger partial charge in [-0.1, -0.05) is 23.2 Å². The van der Waals surface area contributed by atoms with Crippen molar-refractivity contribution in [3.8, 4) is 17.2 Å². The van der Waals surface area contributed by atoms with Crippen LogP contribution in [0.5, 0.6) is 17.2 Å². The number of halogens is 2. The number of carbonyl (C=O) groups is 3. The molecule has 8 nitrogen and oxygen atoms in total. The van der Waals surface area contributed by atoms with Crippen molar-refractivity contribution >= 4 is 47.3 Å². The molecule has 0 aliphatic heterocycles. The summed E-state index contributed by atoms with van der Waals surface area (Å²) in [5.41, 5.74) is 3.67. The van der Waals surface area contributed by atoms with E-state index in [1.807, 2.05) is 6.92 Å². The van der Waals surface area contributed by atoms with Gasteiger partial charge in [0, 0.05) is 27.2 Å². The van der Waals surface area contributed by atoms with Gasteiger partial charge in [0.15, 0.2) is 0 Å². The minimum Gasteiger partial charge on any atom is -0.494 e. The van der Waals surface area contributed by atoms with Gasteiger partial charge in [-0.2, -0.15) is 5.10 Å². The number of hydrogen-bond acceptors (Lipinski definition) is 7. The average Bonchev–Trinajstić information content (AvgIpc) is 2.95. The second-order valence-electron chi connectivity index (χ2n) is 8.15. The zero-order chi connectivity index (χ0) is 28.5. The Bertz CT molecular complexity index is 1540. The minimum atomic E-state index is -0.675. The highest BCUT2D eigenvalue weighted by Crippen LogP contribution is 2.26. The van der Waals surface area contributed by atoms with Crippen molar-refractivity contribution in [2.24, 2.45) is 5.10 Å². The van der Waals surface area contributed by atoms with Gasteiger partial charge in [-0.15, -0.1) is 0 Å². The van der Waals surface area contributed by atoms with Crippen molar-refractivity contribution in [1.29, 1.82) is 0 Å². The Labute approximate surface area is 240 Å². The van der Waals surface area contributed by atoms with E-state index in [9.17, 15) is 14.4 Å². The molecule has 0 saturated heterocycles. The van der Waals surface area contributed by atoms with Crippen LogP contribution in [0.1, 0.15) is 43.6 Å². The molecule has 0 aliphatic rings. The van der Waals surface area contributed by atoms with E-state index < -0.39 is 17.8 Å². The summed E-state index contributed by atoms with van der Waals surface area (Å²) in [5.74, 6) is -0.949. The van der Waals surface area contributed by atoms with Gasteiger partial charge in [-0.25, -0.2) is 15.0 Å². The third kappa shape index (κ3) is 7.69. The SMILES string of the molecule is CCOc1ccc(C(=O)N/N=C/c2ccc(OC(=O)c3ccc(Cl)cc3)cc2OC(=O)c2ccc(Cl)cc2)cc1. The van der Waals surface area contributed by atoms with Crippen LogP contribution in [0.4, 0.5) is 0 Å². The molecule has 0 unspecified atom stereocenters. The summed E-state index contributed by atoms with van der Waals surface area (Å²) in [5, 5.41) is 4.93. The number of ether oxygens (including phenoxy) is 3. The molecule has 40 heavy (non-hydrogen) atoms. The van der Waals surface area contributed by atoms with E-state index in [1.165, 1.54) is 48.7 Å². The first-order valence-corrected chi connectivity index (χ1v) is 12.7. The smallest absolute Gasteiger partial charge is 0.343 e. The number of rotatable bonds is 9. The Kier molecular flexibility index (Phi) is 9.51. The molecule has 4 rings (SSSR count). The highest BCUT2D eigenvalue weighted by Gasteiger charge is 2.15. The molecule has 0 saturated carbocycles. The Morgan fingerprint density at radius 1 is 0.725 bits per heavy atom. The lowest BCUT2D eigenvalue weighted by Crippen LogP contribution is -2.17. The maximum absolute atomic E-state index is 12.8. The Balaban J connectivity index is 1.53. The van der Waals surface area contributed by atoms with Gasteiger partial charge in [-0.3, -0.25) is 4.79 Å². The van der Waals surface area contributed by atoms with Gasteiger partial charge < -0.3 is 14.2 Å². The summed E-state index contributed by atoms with van der Waals surface area (Å²) in [6, 6.07) is 23.3. The van der Waals surface area contributed by atoms with Crippen LogP contribution in [0.3, 0.4) is 0 Å². The lowest BCUT2D eigenvalue weighted by Gasteiger charge is -2.11. The first-order valence-electron chi connectivity index (χ1n) is 12.0. The third-order valence-electron chi connectivity index (χ3n) is 5.36. The highest BCUT2D eigenvalue weighted by atomic mass is 35.5. The number of hydrogen-bond donors (Lipinski definition) is 1. The molecule has 0 radical (unpaired) electrons. The topological polar surface area (TPSA) is 103 Å². The van der Waals surface area contributed by atoms with Gasteiger partial charge >= 0.3 is 11.9 Å². The van der Waals surface area contributed by atoms with Crippen LogP contribution in [0.2, 0.25) is 10.0 Å². The van der Waals surface area contributed by atoms with Crippen molar-refractivity contribution in [3.05, 3.63) is 123 Å². The van der Waals surface area contributed by atoms with Gasteiger partial charge in [0.25, 0.3) is 5.91 Å². The highest BCUT2D eigenvalue weighted by molar-refractivity contribution is 6.31. The molecule has 10 heteroatoms. The molecule has 1 amide bonds. The number of amides is 1. The molecule has 202 valence electrons. The summed E-state index contributed by atoms with van der Waals surface area (Å²) in [6.07, 6.45) is 1.31. The van der Waals surface area contributed by atoms with Gasteiger partial charge in [0.2, 0.25) is 0 Å². The monoisotopic (exact) mass is 576 g/mol. The summed E-state index contributed by atoms with van der Waals surface area (Å²) < 4.78 is 16.4. The molecule has 0 aromatic heterocycles. The molecule has 0 aliphatic carbocycles. The van der Waals surface area contributed by atoms with Crippen LogP contribution in [0, 0.1) is 0 Å². The largest absolute Gasteiger partial charge is 0.494 e. The van der Waals surface area contributed by atoms with E-state index in [4.69, 9.17) is 37.4 Å². The maximum atomic E-state index is 12.8. The third-order valence-corrected chi connectivity index (χ3v) is 5.86. The standard InChI is InChI=1S/C30H22Cl2N2O6/c1-2-38-25-14-7-19(8-15-25)28(35)34-33-18-22-9-16-26(39-29(36)20-3-10-23(31)11-4-20)17-27(22)40-30(37)21-5-12-24(32)13-6-21/h3-18H,2H2,1H3,(H,34,35)/b33-18+. The Morgan fingerprint density at radius 3 is 1.82 bits per heavy atom. The number of esters is 2. The molecule has 0 bridgehead atoms. The molecule has 1 N–H and O–H groups in total. The Hall–Kier alpha value is -4.66. The minimum absolute atomic E-state index is 0.0421. The molecule has 4 aromatic carbocycles. The predicted molar refractivity (Wildman–Crippen MR) is 152 cm³/mol. The zero-order valence-corrected chi connectivity index (χ0v) is 22.6. The number of nitrogens with zero attached hydrogens (tertiary/aromatic N) is 1. The first-order chi connectivity index (χ1) is 19.3. The Morgan fingerprint density at radius 2 is 1.25 bits per heavy atom. The molecular formula is C30H22Cl2N2O6. The number of nitrogens with one attached hydrogen (secondary N) is 1. The van der Waals surface area contributed by atoms with E-state index in [0.29, 0.717) is 33.5 Å². The van der Waals surface area contributed by atoms with Crippen molar-refractivity contribution in [2.75, 3.05) is 6.61 Å². The first kappa shape index (κ1) is 28.4. The second kappa shape index (κ2) is 13.4. The lowest BCUT2D eigenvalue weighted by molar-refractivity contribution is 0.0732. The predicted octanol–water partition coefficient (Wildman–Crippen LogP) is 6.59. The van der Waals surface area contributed by atoms with Crippen LogP contribution in [-0.2, 0) is 0 Å². The maximum Gasteiger partial charge on any atom is 0.343 e. The number of benzene rings is 4. The van der Waals surface area contributed by atoms with Gasteiger partial charge in [0.05, 0.1) is 23.9 Å². The normalized spacial score (nSPS) is 10.7. The van der Waals surface area contributed by atoms with Crippen molar-refractivity contribution in [3.63, 3.8) is 0 Å². The van der Waals surface area contributed by atoms with Crippen molar-refractivity contribution < 1.29 is 28.6 Å². The van der Waals surface area contributed by atoms with E-state index in [0.717, 1.165) is 0 Å². The van der Waals surface area contributed by atoms with E-state index in [1.54, 1.807) is 48.5 Å². The summed E-state index contributed by atoms with van der Waals surface area (Å²) in [6.45, 7) is 2.38. The quantitative estimate of drug-likeness (QED) is 0.104. The van der Waals surface area contributed by atoms with Crippen LogP contribution < -0.4 is 19.6 Å². The lowest BCUT2D eigenvalue weighted by atomic mass is 10.2. The summed E-state index contributed by atoms with van der Waals surface area (Å²) in [4.78, 5) is 37.8. The van der Waals surface area contributed by atoms with E-state index >= 15 is 0 Å². The number of carbonyl (C=O) groups excluding carboxylic acids is 3. The van der Waals surface area contributed by atoms with Crippen molar-refractivity contribution in [1.82, 2.24) is 5.43 Å². The zero-order valence-electron chi connectivity index (χ0n) is 21.1. The fourth-order valence-electron chi connectivity index (χ4n) is 3.36. The average molecular weight is 577 g/mol. The van der Waals surface area contributed by atoms with Crippen LogP contribution in [0.25, 0.3) is 0 Å². The van der Waals surface area contributed by atoms with Crippen molar-refractivity contribution in [2.45, 2.75) is 6.92 Å². The van der Waals surface area contributed by atoms with Gasteiger partial charge in [0.1, 0.15) is 17.2 Å². The van der Waals surface area contributed by atoms with E-state index in [-0.39, 0.29) is 22.6 Å².